The number of methoxy groups -OCH3 is 1. The molecule has 264 valence electrons. The molecule has 1 heterocycles. The number of hydrogen-bond acceptors (Lipinski definition) is 9. The number of aliphatic hydroxyl groups is 1. The number of phenols is 2. The Morgan fingerprint density at radius 2 is 1.81 bits per heavy atom. The van der Waals surface area contributed by atoms with E-state index in [0.29, 0.717) is 35.3 Å². The normalized spacial score (nSPS) is 27.2. The first-order valence-corrected chi connectivity index (χ1v) is 18.0. The van der Waals surface area contributed by atoms with E-state index in [2.05, 4.69) is 10.6 Å². The van der Waals surface area contributed by atoms with Crippen molar-refractivity contribution in [1.82, 2.24) is 5.32 Å². The van der Waals surface area contributed by atoms with E-state index >= 15 is 0 Å². The topological polar surface area (TPSA) is 154 Å². The second-order valence-electron chi connectivity index (χ2n) is 12.6. The first kappa shape index (κ1) is 38.9. The molecule has 1 saturated carbocycles. The van der Waals surface area contributed by atoms with Crippen molar-refractivity contribution in [3.63, 3.8) is 0 Å². The van der Waals surface area contributed by atoms with Crippen molar-refractivity contribution in [2.45, 2.75) is 108 Å². The van der Waals surface area contributed by atoms with E-state index in [9.17, 15) is 29.7 Å². The van der Waals surface area contributed by atoms with Crippen LogP contribution in [0, 0.1) is 11.8 Å². The number of anilines is 1. The number of phenolic OH excluding ortho intramolecular Hbond substituents is 2. The van der Waals surface area contributed by atoms with E-state index in [0.717, 1.165) is 32.1 Å². The van der Waals surface area contributed by atoms with Gasteiger partial charge in [0.2, 0.25) is 11.8 Å². The van der Waals surface area contributed by atoms with Crippen LogP contribution in [0.15, 0.2) is 59.1 Å². The van der Waals surface area contributed by atoms with Gasteiger partial charge in [0, 0.05) is 37.0 Å². The van der Waals surface area contributed by atoms with Gasteiger partial charge in [0.1, 0.15) is 23.6 Å². The number of nitrogens with one attached hydrogen (secondary N) is 2. The third-order valence-electron chi connectivity index (χ3n) is 9.03. The number of aliphatic hydroxyl groups excluding tert-OH is 1. The van der Waals surface area contributed by atoms with Crippen LogP contribution in [0.25, 0.3) is 0 Å². The molecule has 0 saturated heterocycles. The summed E-state index contributed by atoms with van der Waals surface area (Å²) in [6.07, 6.45) is 18.0. The fraction of sp³-hybridized carbons (Fsp3) is 0.541. The number of thioether (sulfide) groups is 1. The van der Waals surface area contributed by atoms with Crippen LogP contribution in [-0.2, 0) is 30.3 Å². The van der Waals surface area contributed by atoms with Crippen molar-refractivity contribution < 1.29 is 39.2 Å². The lowest BCUT2D eigenvalue weighted by atomic mass is 9.88. The predicted octanol–water partition coefficient (Wildman–Crippen LogP) is 6.11. The Morgan fingerprint density at radius 3 is 2.50 bits per heavy atom. The lowest BCUT2D eigenvalue weighted by molar-refractivity contribution is -0.156. The Morgan fingerprint density at radius 1 is 1.10 bits per heavy atom. The number of fused-ring (bicyclic) bond motifs is 2. The van der Waals surface area contributed by atoms with Crippen molar-refractivity contribution in [3.8, 4) is 11.5 Å². The van der Waals surface area contributed by atoms with E-state index in [-0.39, 0.29) is 35.4 Å². The van der Waals surface area contributed by atoms with Gasteiger partial charge in [-0.25, -0.2) is 4.79 Å². The number of allylic oxidation sites excluding steroid dienone is 5. The molecule has 1 aliphatic heterocycles. The summed E-state index contributed by atoms with van der Waals surface area (Å²) in [5.74, 6) is -1.85. The lowest BCUT2D eigenvalue weighted by Gasteiger charge is -2.29. The fourth-order valence-electron chi connectivity index (χ4n) is 6.03. The van der Waals surface area contributed by atoms with Crippen LogP contribution in [0.5, 0.6) is 11.5 Å². The summed E-state index contributed by atoms with van der Waals surface area (Å²) in [7, 11) is 1.50. The molecule has 1 fully saturated rings. The van der Waals surface area contributed by atoms with Crippen molar-refractivity contribution in [2.75, 3.05) is 18.7 Å². The average Bonchev–Trinajstić information content (AvgIpc) is 3.07. The summed E-state index contributed by atoms with van der Waals surface area (Å²) in [6, 6.07) is 0.501. The van der Waals surface area contributed by atoms with E-state index in [1.807, 2.05) is 25.2 Å². The summed E-state index contributed by atoms with van der Waals surface area (Å²) in [5, 5.41) is 38.7. The van der Waals surface area contributed by atoms with Crippen molar-refractivity contribution in [2.24, 2.45) is 11.8 Å². The average molecular weight is 685 g/mol. The summed E-state index contributed by atoms with van der Waals surface area (Å²) < 4.78 is 11.4. The van der Waals surface area contributed by atoms with Crippen LogP contribution in [0.1, 0.15) is 77.7 Å². The zero-order valence-corrected chi connectivity index (χ0v) is 29.6. The zero-order valence-electron chi connectivity index (χ0n) is 28.7. The lowest BCUT2D eigenvalue weighted by Crippen LogP contribution is -2.45. The molecule has 5 atom stereocenters. The standard InChI is InChI=1S/C37H52N2O8S/c1-23-15-14-19-28-34(43)29(22-30(40)35(28)48-5)39-32(41)21-27(46-4)18-12-7-6-8-13-20-31(24(2)33(23)42)47-37(45)25(3)38-36(44)26-16-10-9-11-17-26/h6-8,12-13,15,18,22,24-27,31,33,40,42-43H,9-11,14,16-17,19-21H2,1-5H3,(H,38,44)(H,39,41)/b7-6-,13-8-,18-12-,23-15-. The summed E-state index contributed by atoms with van der Waals surface area (Å²) in [6.45, 7) is 5.23. The summed E-state index contributed by atoms with van der Waals surface area (Å²) in [4.78, 5) is 39.3. The number of benzene rings is 1. The number of amides is 2. The SMILES string of the molecule is COC1\C=C/C=C\C=C/CC(OC(=O)C(C)NC(=O)C2CCCCC2)C(C)C(O)/C(C)=C\CCc2c(O)c(cc(O)c2SC)NC(=O)C1. The molecule has 2 aliphatic rings. The van der Waals surface area contributed by atoms with Gasteiger partial charge in [0.25, 0.3) is 0 Å². The molecule has 2 bridgehead atoms. The van der Waals surface area contributed by atoms with E-state index in [4.69, 9.17) is 9.47 Å². The summed E-state index contributed by atoms with van der Waals surface area (Å²) in [5.41, 5.74) is 1.24. The Bertz CT molecular complexity index is 1380. The van der Waals surface area contributed by atoms with Gasteiger partial charge >= 0.3 is 5.97 Å². The van der Waals surface area contributed by atoms with Crippen LogP contribution < -0.4 is 10.6 Å². The third kappa shape index (κ3) is 11.3. The minimum Gasteiger partial charge on any atom is -0.507 e. The number of esters is 1. The van der Waals surface area contributed by atoms with Gasteiger partial charge in [-0.15, -0.1) is 11.8 Å². The van der Waals surface area contributed by atoms with Gasteiger partial charge in [-0.3, -0.25) is 9.59 Å². The number of carbonyl (C=O) groups excluding carboxylic acids is 3. The number of rotatable bonds is 6. The minimum absolute atomic E-state index is 0.0131. The molecule has 0 radical (unpaired) electrons. The Balaban J connectivity index is 1.87. The van der Waals surface area contributed by atoms with E-state index in [1.54, 1.807) is 44.4 Å². The maximum absolute atomic E-state index is 13.2. The molecular formula is C37H52N2O8S. The van der Waals surface area contributed by atoms with Crippen molar-refractivity contribution >= 4 is 35.2 Å². The highest BCUT2D eigenvalue weighted by Gasteiger charge is 2.31. The first-order chi connectivity index (χ1) is 23.0. The Kier molecular flexibility index (Phi) is 15.8. The van der Waals surface area contributed by atoms with Gasteiger partial charge in [-0.05, 0) is 51.4 Å². The predicted molar refractivity (Wildman–Crippen MR) is 189 cm³/mol. The minimum atomic E-state index is -0.950. The molecule has 1 aliphatic carbocycles. The third-order valence-corrected chi connectivity index (χ3v) is 9.89. The van der Waals surface area contributed by atoms with Gasteiger partial charge < -0.3 is 35.4 Å². The molecule has 3 rings (SSSR count). The smallest absolute Gasteiger partial charge is 0.328 e. The molecule has 5 unspecified atom stereocenters. The van der Waals surface area contributed by atoms with Crippen LogP contribution in [0.4, 0.5) is 5.69 Å². The number of aromatic hydroxyl groups is 2. The van der Waals surface area contributed by atoms with Crippen molar-refractivity contribution in [1.29, 1.82) is 0 Å². The molecule has 0 spiro atoms. The highest BCUT2D eigenvalue weighted by Crippen LogP contribution is 2.42. The molecule has 1 aromatic carbocycles. The maximum atomic E-state index is 13.2. The molecular weight excluding hydrogens is 632 g/mol. The molecule has 48 heavy (non-hydrogen) atoms. The fourth-order valence-corrected chi connectivity index (χ4v) is 6.74. The second kappa shape index (κ2) is 19.5. The maximum Gasteiger partial charge on any atom is 0.328 e. The zero-order chi connectivity index (χ0) is 35.2. The molecule has 0 aromatic heterocycles. The number of carbonyl (C=O) groups is 3. The second-order valence-corrected chi connectivity index (χ2v) is 13.4. The molecule has 11 heteroatoms. The van der Waals surface area contributed by atoms with Crippen LogP contribution in [-0.4, -0.2) is 70.8 Å². The largest absolute Gasteiger partial charge is 0.507 e. The van der Waals surface area contributed by atoms with Gasteiger partial charge in [0.15, 0.2) is 0 Å². The Hall–Kier alpha value is -3.54. The summed E-state index contributed by atoms with van der Waals surface area (Å²) >= 11 is 1.28. The molecule has 5 N–H and O–H groups in total. The van der Waals surface area contributed by atoms with E-state index < -0.39 is 42.1 Å². The van der Waals surface area contributed by atoms with Crippen LogP contribution in [0.3, 0.4) is 0 Å². The quantitative estimate of drug-likeness (QED) is 0.0785. The van der Waals surface area contributed by atoms with Gasteiger partial charge in [0.05, 0.1) is 29.2 Å². The number of ether oxygens (including phenoxy) is 2. The molecule has 2 amide bonds. The van der Waals surface area contributed by atoms with Crippen LogP contribution in [0.2, 0.25) is 0 Å². The van der Waals surface area contributed by atoms with Gasteiger partial charge in [-0.1, -0.05) is 68.7 Å². The van der Waals surface area contributed by atoms with Gasteiger partial charge in [-0.2, -0.15) is 0 Å². The highest BCUT2D eigenvalue weighted by molar-refractivity contribution is 7.98. The molecule has 10 nitrogen and oxygen atoms in total. The monoisotopic (exact) mass is 684 g/mol. The van der Waals surface area contributed by atoms with E-state index in [1.165, 1.54) is 24.9 Å². The van der Waals surface area contributed by atoms with Crippen LogP contribution >= 0.6 is 11.8 Å². The first-order valence-electron chi connectivity index (χ1n) is 16.8. The highest BCUT2D eigenvalue weighted by atomic mass is 32.2. The number of hydrogen-bond donors (Lipinski definition) is 5. The van der Waals surface area contributed by atoms with Crippen molar-refractivity contribution in [3.05, 3.63) is 59.7 Å². The Labute approximate surface area is 288 Å². The molecule has 1 aromatic rings.